The van der Waals surface area contributed by atoms with Crippen LogP contribution in [0.25, 0.3) is 0 Å². The predicted octanol–water partition coefficient (Wildman–Crippen LogP) is 7.38. The maximum absolute atomic E-state index is 13.0. The minimum atomic E-state index is -2.07. The number of esters is 1. The van der Waals surface area contributed by atoms with E-state index in [1.165, 1.54) is 0 Å². The van der Waals surface area contributed by atoms with E-state index in [0.29, 0.717) is 32.3 Å². The molecule has 36 heavy (non-hydrogen) atoms. The Kier molecular flexibility index (Phi) is 14.5. The van der Waals surface area contributed by atoms with Crippen LogP contribution < -0.4 is 0 Å². The van der Waals surface area contributed by atoms with Crippen molar-refractivity contribution >= 4 is 20.1 Å². The molecule has 1 N–H and O–H groups in total. The number of ketones is 1. The topological polar surface area (TPSA) is 72.8 Å². The van der Waals surface area contributed by atoms with Crippen LogP contribution in [0.5, 0.6) is 0 Å². The SMILES string of the molecule is C/C=C/COC(=O)CCC/C=C\CC1=C(/C=C/C(O)CCCCC)C(O[Si](C)(C)C(C)(C)C)CC1=O. The van der Waals surface area contributed by atoms with Crippen LogP contribution in [0.4, 0.5) is 0 Å². The molecule has 0 heterocycles. The molecule has 0 bridgehead atoms. The zero-order valence-corrected chi connectivity index (χ0v) is 24.8. The molecular weight excluding hydrogens is 468 g/mol. The number of unbranched alkanes of at least 4 members (excludes halogenated alkanes) is 3. The standard InChI is InChI=1S/C30H50O5Si/c1-8-10-14-17-24(31)20-21-26-25(18-15-12-13-16-19-29(33)34-22-11-9-2)27(32)23-28(26)35-36(6,7)30(3,4)5/h9,11-12,15,20-21,24,28,31H,8,10,13-14,16-19,22-23H2,1-7H3/b11-9+,15-12-,21-20+. The normalized spacial score (nSPS) is 18.3. The summed E-state index contributed by atoms with van der Waals surface area (Å²) in [5.74, 6) is -0.0678. The highest BCUT2D eigenvalue weighted by atomic mass is 28.4. The van der Waals surface area contributed by atoms with Gasteiger partial charge in [-0.1, -0.05) is 83.4 Å². The van der Waals surface area contributed by atoms with E-state index in [-0.39, 0.29) is 22.9 Å². The first-order valence-corrected chi connectivity index (χ1v) is 16.6. The fourth-order valence-electron chi connectivity index (χ4n) is 3.74. The minimum absolute atomic E-state index is 0.0428. The fourth-order valence-corrected chi connectivity index (χ4v) is 5.02. The summed E-state index contributed by atoms with van der Waals surface area (Å²) >= 11 is 0. The van der Waals surface area contributed by atoms with Gasteiger partial charge in [0.2, 0.25) is 0 Å². The highest BCUT2D eigenvalue weighted by Crippen LogP contribution is 2.41. The number of aliphatic hydroxyl groups is 1. The summed E-state index contributed by atoms with van der Waals surface area (Å²) in [5, 5.41) is 10.5. The second-order valence-corrected chi connectivity index (χ2v) is 15.9. The van der Waals surface area contributed by atoms with Gasteiger partial charge in [-0.05, 0) is 56.3 Å². The molecule has 5 nitrogen and oxygen atoms in total. The number of carbonyl (C=O) groups is 2. The van der Waals surface area contributed by atoms with Crippen LogP contribution in [0.15, 0.2) is 47.6 Å². The number of allylic oxidation sites excluding steroid dienone is 4. The summed E-state index contributed by atoms with van der Waals surface area (Å²) in [6, 6.07) is 0. The summed E-state index contributed by atoms with van der Waals surface area (Å²) in [7, 11) is -2.07. The van der Waals surface area contributed by atoms with Gasteiger partial charge in [0.05, 0.1) is 12.2 Å². The second kappa shape index (κ2) is 16.2. The van der Waals surface area contributed by atoms with Crippen molar-refractivity contribution in [1.82, 2.24) is 0 Å². The molecule has 6 heteroatoms. The number of carbonyl (C=O) groups excluding carboxylic acids is 2. The highest BCUT2D eigenvalue weighted by molar-refractivity contribution is 6.74. The summed E-state index contributed by atoms with van der Waals surface area (Å²) in [6.07, 6.45) is 17.4. The number of rotatable bonds is 16. The van der Waals surface area contributed by atoms with Gasteiger partial charge in [-0.3, -0.25) is 9.59 Å². The van der Waals surface area contributed by atoms with Crippen LogP contribution >= 0.6 is 0 Å². The van der Waals surface area contributed by atoms with Gasteiger partial charge in [0.1, 0.15) is 6.61 Å². The predicted molar refractivity (Wildman–Crippen MR) is 151 cm³/mol. The van der Waals surface area contributed by atoms with Gasteiger partial charge in [-0.15, -0.1) is 0 Å². The Morgan fingerprint density at radius 2 is 1.89 bits per heavy atom. The van der Waals surface area contributed by atoms with Crippen molar-refractivity contribution in [2.75, 3.05) is 6.61 Å². The zero-order chi connectivity index (χ0) is 27.2. The Labute approximate surface area is 220 Å². The van der Waals surface area contributed by atoms with Gasteiger partial charge < -0.3 is 14.3 Å². The van der Waals surface area contributed by atoms with E-state index in [4.69, 9.17) is 9.16 Å². The lowest BCUT2D eigenvalue weighted by Crippen LogP contribution is -2.44. The molecule has 2 unspecified atom stereocenters. The van der Waals surface area contributed by atoms with Crippen LogP contribution in [0.2, 0.25) is 18.1 Å². The minimum Gasteiger partial charge on any atom is -0.461 e. The molecule has 0 aromatic rings. The average molecular weight is 519 g/mol. The lowest BCUT2D eigenvalue weighted by molar-refractivity contribution is -0.142. The Balaban J connectivity index is 2.89. The number of hydrogen-bond donors (Lipinski definition) is 1. The van der Waals surface area contributed by atoms with Crippen molar-refractivity contribution in [2.24, 2.45) is 0 Å². The molecule has 0 aliphatic heterocycles. The number of hydrogen-bond acceptors (Lipinski definition) is 5. The quantitative estimate of drug-likeness (QED) is 0.0998. The van der Waals surface area contributed by atoms with Crippen molar-refractivity contribution in [3.8, 4) is 0 Å². The molecule has 0 aromatic carbocycles. The lowest BCUT2D eigenvalue weighted by atomic mass is 10.0. The Bertz CT molecular complexity index is 814. The third-order valence-corrected chi connectivity index (χ3v) is 11.5. The van der Waals surface area contributed by atoms with Gasteiger partial charge in [0.25, 0.3) is 0 Å². The lowest BCUT2D eigenvalue weighted by Gasteiger charge is -2.38. The summed E-state index contributed by atoms with van der Waals surface area (Å²) in [6.45, 7) is 15.4. The first-order chi connectivity index (χ1) is 16.9. The molecule has 0 radical (unpaired) electrons. The van der Waals surface area contributed by atoms with Crippen molar-refractivity contribution in [3.05, 3.63) is 47.6 Å². The summed E-state index contributed by atoms with van der Waals surface area (Å²) in [5.41, 5.74) is 1.69. The smallest absolute Gasteiger partial charge is 0.306 e. The van der Waals surface area contributed by atoms with Gasteiger partial charge >= 0.3 is 5.97 Å². The highest BCUT2D eigenvalue weighted by Gasteiger charge is 2.42. The third kappa shape index (κ3) is 11.5. The molecule has 204 valence electrons. The van der Waals surface area contributed by atoms with E-state index in [1.807, 2.05) is 43.4 Å². The first-order valence-electron chi connectivity index (χ1n) is 13.6. The first kappa shape index (κ1) is 32.3. The van der Waals surface area contributed by atoms with Crippen molar-refractivity contribution in [2.45, 2.75) is 123 Å². The maximum Gasteiger partial charge on any atom is 0.306 e. The third-order valence-electron chi connectivity index (χ3n) is 7.06. The van der Waals surface area contributed by atoms with E-state index in [0.717, 1.165) is 43.3 Å². The molecule has 0 spiro atoms. The Morgan fingerprint density at radius 1 is 1.17 bits per heavy atom. The van der Waals surface area contributed by atoms with E-state index < -0.39 is 14.4 Å². The molecular formula is C30H50O5Si. The molecule has 1 aliphatic rings. The number of aliphatic hydroxyl groups excluding tert-OH is 1. The van der Waals surface area contributed by atoms with Crippen molar-refractivity contribution in [1.29, 1.82) is 0 Å². The number of Topliss-reactive ketones (excluding diaryl/α,β-unsaturated/α-hetero) is 1. The largest absolute Gasteiger partial charge is 0.461 e. The Hall–Kier alpha value is -1.76. The summed E-state index contributed by atoms with van der Waals surface area (Å²) < 4.78 is 11.8. The van der Waals surface area contributed by atoms with Crippen LogP contribution in [0.3, 0.4) is 0 Å². The van der Waals surface area contributed by atoms with Gasteiger partial charge in [0, 0.05) is 18.4 Å². The van der Waals surface area contributed by atoms with Crippen LogP contribution in [0, 0.1) is 0 Å². The molecule has 0 saturated carbocycles. The van der Waals surface area contributed by atoms with E-state index in [9.17, 15) is 14.7 Å². The van der Waals surface area contributed by atoms with Crippen LogP contribution in [-0.2, 0) is 18.8 Å². The van der Waals surface area contributed by atoms with Crippen molar-refractivity contribution < 1.29 is 23.9 Å². The molecule has 0 fully saturated rings. The van der Waals surface area contributed by atoms with E-state index in [1.54, 1.807) is 0 Å². The number of ether oxygens (including phenoxy) is 1. The van der Waals surface area contributed by atoms with Crippen molar-refractivity contribution in [3.63, 3.8) is 0 Å². The van der Waals surface area contributed by atoms with E-state index in [2.05, 4.69) is 40.8 Å². The molecule has 2 atom stereocenters. The zero-order valence-electron chi connectivity index (χ0n) is 23.8. The van der Waals surface area contributed by atoms with Gasteiger partial charge in [-0.25, -0.2) is 0 Å². The second-order valence-electron chi connectivity index (χ2n) is 11.2. The maximum atomic E-state index is 13.0. The van der Waals surface area contributed by atoms with E-state index >= 15 is 0 Å². The molecule has 0 amide bonds. The monoisotopic (exact) mass is 518 g/mol. The van der Waals surface area contributed by atoms with Crippen LogP contribution in [-0.4, -0.2) is 44.0 Å². The van der Waals surface area contributed by atoms with Gasteiger partial charge in [-0.2, -0.15) is 0 Å². The van der Waals surface area contributed by atoms with Gasteiger partial charge in [0.15, 0.2) is 14.1 Å². The fraction of sp³-hybridized carbons (Fsp3) is 0.667. The summed E-state index contributed by atoms with van der Waals surface area (Å²) in [4.78, 5) is 24.7. The average Bonchev–Trinajstić information content (AvgIpc) is 3.07. The van der Waals surface area contributed by atoms with Crippen LogP contribution in [0.1, 0.15) is 92.4 Å². The molecule has 1 aliphatic carbocycles. The molecule has 0 saturated heterocycles. The molecule has 0 aromatic heterocycles. The Morgan fingerprint density at radius 3 is 2.53 bits per heavy atom. The molecule has 1 rings (SSSR count).